The SMILES string of the molecule is COc1ccc(CNC(=O)c2nnc(-c3ccc(S(=O)(=O)N(C)C)cc3)o2)c(OC)c1. The fourth-order valence-corrected chi connectivity index (χ4v) is 3.56. The van der Waals surface area contributed by atoms with Crippen molar-refractivity contribution < 1.29 is 27.1 Å². The highest BCUT2D eigenvalue weighted by Crippen LogP contribution is 2.25. The molecule has 3 aromatic rings. The predicted molar refractivity (Wildman–Crippen MR) is 111 cm³/mol. The molecule has 0 aliphatic carbocycles. The van der Waals surface area contributed by atoms with Crippen molar-refractivity contribution in [1.82, 2.24) is 19.8 Å². The van der Waals surface area contributed by atoms with E-state index in [0.717, 1.165) is 9.87 Å². The summed E-state index contributed by atoms with van der Waals surface area (Å²) in [6.07, 6.45) is 0. The minimum Gasteiger partial charge on any atom is -0.497 e. The van der Waals surface area contributed by atoms with Gasteiger partial charge in [-0.15, -0.1) is 10.2 Å². The number of aromatic nitrogens is 2. The highest BCUT2D eigenvalue weighted by Gasteiger charge is 2.19. The summed E-state index contributed by atoms with van der Waals surface area (Å²) in [5, 5.41) is 10.3. The van der Waals surface area contributed by atoms with Gasteiger partial charge in [-0.05, 0) is 36.4 Å². The lowest BCUT2D eigenvalue weighted by atomic mass is 10.2. The molecule has 3 rings (SSSR count). The lowest BCUT2D eigenvalue weighted by Crippen LogP contribution is -2.23. The Morgan fingerprint density at radius 2 is 1.77 bits per heavy atom. The van der Waals surface area contributed by atoms with Gasteiger partial charge in [-0.3, -0.25) is 4.79 Å². The van der Waals surface area contributed by atoms with E-state index in [9.17, 15) is 13.2 Å². The van der Waals surface area contributed by atoms with Crippen LogP contribution < -0.4 is 14.8 Å². The van der Waals surface area contributed by atoms with E-state index in [2.05, 4.69) is 15.5 Å². The predicted octanol–water partition coefficient (Wildman–Crippen LogP) is 1.93. The molecule has 1 amide bonds. The third-order valence-electron chi connectivity index (χ3n) is 4.43. The van der Waals surface area contributed by atoms with Gasteiger partial charge in [0.1, 0.15) is 11.5 Å². The zero-order chi connectivity index (χ0) is 22.6. The Morgan fingerprint density at radius 1 is 1.06 bits per heavy atom. The van der Waals surface area contributed by atoms with E-state index in [1.165, 1.54) is 45.5 Å². The molecule has 1 N–H and O–H groups in total. The average Bonchev–Trinajstić information content (AvgIpc) is 3.27. The fourth-order valence-electron chi connectivity index (χ4n) is 2.66. The van der Waals surface area contributed by atoms with Crippen LogP contribution in [0.25, 0.3) is 11.5 Å². The number of carbonyl (C=O) groups excluding carboxylic acids is 1. The van der Waals surface area contributed by atoms with Crippen molar-refractivity contribution in [3.8, 4) is 23.0 Å². The normalized spacial score (nSPS) is 11.4. The second-order valence-electron chi connectivity index (χ2n) is 6.58. The maximum absolute atomic E-state index is 12.4. The standard InChI is InChI=1S/C20H22N4O6S/c1-24(2)31(26,27)16-9-6-13(7-10-16)19-22-23-20(30-19)18(25)21-12-14-5-8-15(28-3)11-17(14)29-4/h5-11H,12H2,1-4H3,(H,21,25). The van der Waals surface area contributed by atoms with Gasteiger partial charge >= 0.3 is 11.8 Å². The van der Waals surface area contributed by atoms with Crippen LogP contribution in [0.15, 0.2) is 51.8 Å². The molecular weight excluding hydrogens is 424 g/mol. The van der Waals surface area contributed by atoms with Crippen LogP contribution in [0, 0.1) is 0 Å². The molecule has 164 valence electrons. The summed E-state index contributed by atoms with van der Waals surface area (Å²) in [5.74, 6) is 0.536. The van der Waals surface area contributed by atoms with Crippen molar-refractivity contribution in [3.63, 3.8) is 0 Å². The number of methoxy groups -OCH3 is 2. The van der Waals surface area contributed by atoms with E-state index < -0.39 is 15.9 Å². The first kappa shape index (κ1) is 22.2. The fraction of sp³-hybridized carbons (Fsp3) is 0.250. The number of nitrogens with zero attached hydrogens (tertiary/aromatic N) is 3. The third kappa shape index (κ3) is 4.84. The molecule has 0 aliphatic heterocycles. The molecule has 0 aliphatic rings. The van der Waals surface area contributed by atoms with Gasteiger partial charge in [0, 0.05) is 37.8 Å². The quantitative estimate of drug-likeness (QED) is 0.557. The minimum atomic E-state index is -3.54. The third-order valence-corrected chi connectivity index (χ3v) is 6.26. The first-order valence-corrected chi connectivity index (χ1v) is 10.6. The lowest BCUT2D eigenvalue weighted by Gasteiger charge is -2.11. The lowest BCUT2D eigenvalue weighted by molar-refractivity contribution is 0.0916. The molecule has 0 spiro atoms. The molecule has 0 fully saturated rings. The number of hydrogen-bond donors (Lipinski definition) is 1. The second-order valence-corrected chi connectivity index (χ2v) is 8.74. The van der Waals surface area contributed by atoms with Gasteiger partial charge in [0.15, 0.2) is 0 Å². The number of sulfonamides is 1. The number of amides is 1. The summed E-state index contributed by atoms with van der Waals surface area (Å²) >= 11 is 0. The zero-order valence-corrected chi connectivity index (χ0v) is 18.3. The molecular formula is C20H22N4O6S. The van der Waals surface area contributed by atoms with E-state index in [1.807, 2.05) is 0 Å². The summed E-state index contributed by atoms with van der Waals surface area (Å²) in [6, 6.07) is 11.2. The van der Waals surface area contributed by atoms with Crippen molar-refractivity contribution in [2.75, 3.05) is 28.3 Å². The second kappa shape index (κ2) is 9.14. The molecule has 0 bridgehead atoms. The van der Waals surface area contributed by atoms with E-state index in [-0.39, 0.29) is 23.2 Å². The number of benzene rings is 2. The van der Waals surface area contributed by atoms with Crippen LogP contribution in [-0.2, 0) is 16.6 Å². The monoisotopic (exact) mass is 446 g/mol. The number of rotatable bonds is 8. The zero-order valence-electron chi connectivity index (χ0n) is 17.4. The Kier molecular flexibility index (Phi) is 6.56. The van der Waals surface area contributed by atoms with Crippen molar-refractivity contribution in [3.05, 3.63) is 53.9 Å². The summed E-state index contributed by atoms with van der Waals surface area (Å²) < 4.78 is 41.3. The number of carbonyl (C=O) groups is 1. The molecule has 1 heterocycles. The molecule has 31 heavy (non-hydrogen) atoms. The van der Waals surface area contributed by atoms with Gasteiger partial charge in [0.05, 0.1) is 19.1 Å². The number of nitrogens with one attached hydrogen (secondary N) is 1. The van der Waals surface area contributed by atoms with Gasteiger partial charge in [0.2, 0.25) is 15.9 Å². The van der Waals surface area contributed by atoms with Crippen molar-refractivity contribution in [2.45, 2.75) is 11.4 Å². The van der Waals surface area contributed by atoms with Crippen LogP contribution >= 0.6 is 0 Å². The minimum absolute atomic E-state index is 0.0981. The van der Waals surface area contributed by atoms with E-state index in [0.29, 0.717) is 17.1 Å². The van der Waals surface area contributed by atoms with E-state index >= 15 is 0 Å². The van der Waals surface area contributed by atoms with E-state index in [1.54, 1.807) is 25.3 Å². The van der Waals surface area contributed by atoms with Crippen LogP contribution in [0.4, 0.5) is 0 Å². The van der Waals surface area contributed by atoms with Gasteiger partial charge in [0.25, 0.3) is 0 Å². The maximum atomic E-state index is 12.4. The molecule has 0 saturated carbocycles. The average molecular weight is 446 g/mol. The molecule has 11 heteroatoms. The Balaban J connectivity index is 1.70. The number of hydrogen-bond acceptors (Lipinski definition) is 8. The summed E-state index contributed by atoms with van der Waals surface area (Å²) in [5.41, 5.74) is 1.23. The van der Waals surface area contributed by atoms with Crippen LogP contribution in [0.2, 0.25) is 0 Å². The number of ether oxygens (including phenoxy) is 2. The summed E-state index contributed by atoms with van der Waals surface area (Å²) in [7, 11) is 2.44. The van der Waals surface area contributed by atoms with Crippen molar-refractivity contribution >= 4 is 15.9 Å². The van der Waals surface area contributed by atoms with Crippen LogP contribution in [0.5, 0.6) is 11.5 Å². The Morgan fingerprint density at radius 3 is 2.39 bits per heavy atom. The first-order valence-electron chi connectivity index (χ1n) is 9.12. The summed E-state index contributed by atoms with van der Waals surface area (Å²) in [6.45, 7) is 0.181. The van der Waals surface area contributed by atoms with Gasteiger partial charge in [-0.2, -0.15) is 0 Å². The molecule has 10 nitrogen and oxygen atoms in total. The van der Waals surface area contributed by atoms with Gasteiger partial charge < -0.3 is 19.2 Å². The molecule has 1 aromatic heterocycles. The molecule has 0 unspecified atom stereocenters. The maximum Gasteiger partial charge on any atom is 0.309 e. The smallest absolute Gasteiger partial charge is 0.309 e. The highest BCUT2D eigenvalue weighted by atomic mass is 32.2. The Hall–Kier alpha value is -3.44. The highest BCUT2D eigenvalue weighted by molar-refractivity contribution is 7.89. The Labute approximate surface area is 179 Å². The molecule has 0 radical (unpaired) electrons. The molecule has 0 atom stereocenters. The molecule has 2 aromatic carbocycles. The van der Waals surface area contributed by atoms with Crippen molar-refractivity contribution in [2.24, 2.45) is 0 Å². The molecule has 0 saturated heterocycles. The van der Waals surface area contributed by atoms with Gasteiger partial charge in [-0.1, -0.05) is 0 Å². The first-order chi connectivity index (χ1) is 14.8. The largest absolute Gasteiger partial charge is 0.497 e. The van der Waals surface area contributed by atoms with Crippen LogP contribution in [-0.4, -0.2) is 57.1 Å². The Bertz CT molecular complexity index is 1170. The summed E-state index contributed by atoms with van der Waals surface area (Å²) in [4.78, 5) is 12.5. The topological polar surface area (TPSA) is 124 Å². The van der Waals surface area contributed by atoms with E-state index in [4.69, 9.17) is 13.9 Å². The van der Waals surface area contributed by atoms with Crippen molar-refractivity contribution in [1.29, 1.82) is 0 Å². The van der Waals surface area contributed by atoms with Crippen LogP contribution in [0.1, 0.15) is 16.2 Å². The van der Waals surface area contributed by atoms with Gasteiger partial charge in [-0.25, -0.2) is 12.7 Å². The van der Waals surface area contributed by atoms with Crippen LogP contribution in [0.3, 0.4) is 0 Å².